The van der Waals surface area contributed by atoms with Gasteiger partial charge in [0.25, 0.3) is 0 Å². The molecule has 0 spiro atoms. The highest BCUT2D eigenvalue weighted by Crippen LogP contribution is 2.19. The molecule has 0 fully saturated rings. The SMILES string of the molecule is CCOC(=O)NC(Cc1ccccc1)c1cccc(C)c1. The first-order chi connectivity index (χ1) is 10.2. The van der Waals surface area contributed by atoms with Crippen molar-refractivity contribution >= 4 is 6.09 Å². The van der Waals surface area contributed by atoms with Gasteiger partial charge >= 0.3 is 6.09 Å². The largest absolute Gasteiger partial charge is 0.450 e. The summed E-state index contributed by atoms with van der Waals surface area (Å²) in [6.45, 7) is 4.23. The van der Waals surface area contributed by atoms with Crippen molar-refractivity contribution in [2.45, 2.75) is 26.3 Å². The molecule has 2 aromatic carbocycles. The fourth-order valence-corrected chi connectivity index (χ4v) is 2.30. The van der Waals surface area contributed by atoms with E-state index in [2.05, 4.69) is 23.5 Å². The molecule has 1 unspecified atom stereocenters. The Morgan fingerprint density at radius 3 is 2.57 bits per heavy atom. The highest BCUT2D eigenvalue weighted by molar-refractivity contribution is 5.68. The number of rotatable bonds is 5. The molecule has 0 aliphatic heterocycles. The van der Waals surface area contributed by atoms with Gasteiger partial charge in [0.05, 0.1) is 12.6 Å². The van der Waals surface area contributed by atoms with Crippen molar-refractivity contribution < 1.29 is 9.53 Å². The van der Waals surface area contributed by atoms with Crippen molar-refractivity contribution in [3.8, 4) is 0 Å². The van der Waals surface area contributed by atoms with E-state index in [1.165, 1.54) is 11.1 Å². The van der Waals surface area contributed by atoms with Gasteiger partial charge in [-0.25, -0.2) is 4.79 Å². The van der Waals surface area contributed by atoms with Crippen LogP contribution in [-0.4, -0.2) is 12.7 Å². The van der Waals surface area contributed by atoms with Crippen LogP contribution in [0.5, 0.6) is 0 Å². The molecule has 2 aromatic rings. The number of nitrogens with one attached hydrogen (secondary N) is 1. The molecule has 3 nitrogen and oxygen atoms in total. The number of aryl methyl sites for hydroxylation is 1. The first-order valence-corrected chi connectivity index (χ1v) is 7.23. The molecule has 2 rings (SSSR count). The smallest absolute Gasteiger partial charge is 0.407 e. The quantitative estimate of drug-likeness (QED) is 0.900. The summed E-state index contributed by atoms with van der Waals surface area (Å²) in [5.74, 6) is 0. The predicted octanol–water partition coefficient (Wildman–Crippen LogP) is 4.02. The maximum atomic E-state index is 11.8. The Bertz CT molecular complexity index is 581. The minimum atomic E-state index is -0.375. The summed E-state index contributed by atoms with van der Waals surface area (Å²) >= 11 is 0. The molecule has 0 saturated carbocycles. The van der Waals surface area contributed by atoms with Gasteiger partial charge in [-0.3, -0.25) is 0 Å². The Kier molecular flexibility index (Phi) is 5.38. The molecular formula is C18H21NO2. The third-order valence-corrected chi connectivity index (χ3v) is 3.29. The minimum Gasteiger partial charge on any atom is -0.450 e. The van der Waals surface area contributed by atoms with E-state index in [9.17, 15) is 4.79 Å². The van der Waals surface area contributed by atoms with Crippen LogP contribution in [0.25, 0.3) is 0 Å². The second kappa shape index (κ2) is 7.48. The lowest BCUT2D eigenvalue weighted by Gasteiger charge is -2.19. The Hall–Kier alpha value is -2.29. The lowest BCUT2D eigenvalue weighted by molar-refractivity contribution is 0.148. The van der Waals surface area contributed by atoms with E-state index in [0.717, 1.165) is 12.0 Å². The van der Waals surface area contributed by atoms with Crippen LogP contribution in [0.4, 0.5) is 4.79 Å². The average molecular weight is 283 g/mol. The van der Waals surface area contributed by atoms with Crippen molar-refractivity contribution in [1.82, 2.24) is 5.32 Å². The molecule has 1 N–H and O–H groups in total. The van der Waals surface area contributed by atoms with Crippen molar-refractivity contribution in [1.29, 1.82) is 0 Å². The number of alkyl carbamates (subject to hydrolysis) is 1. The molecule has 0 bridgehead atoms. The number of carbonyl (C=O) groups excluding carboxylic acids is 1. The summed E-state index contributed by atoms with van der Waals surface area (Å²) in [6, 6.07) is 18.2. The van der Waals surface area contributed by atoms with Gasteiger partial charge in [-0.05, 0) is 31.4 Å². The van der Waals surface area contributed by atoms with Gasteiger partial charge in [0.1, 0.15) is 0 Å². The second-order valence-corrected chi connectivity index (χ2v) is 5.02. The monoisotopic (exact) mass is 283 g/mol. The molecule has 0 aliphatic rings. The summed E-state index contributed by atoms with van der Waals surface area (Å²) < 4.78 is 5.01. The van der Waals surface area contributed by atoms with Crippen molar-refractivity contribution in [3.63, 3.8) is 0 Å². The lowest BCUT2D eigenvalue weighted by atomic mass is 9.98. The first kappa shape index (κ1) is 15.1. The standard InChI is InChI=1S/C18H21NO2/c1-3-21-18(20)19-17(13-15-9-5-4-6-10-15)16-11-7-8-14(2)12-16/h4-12,17H,3,13H2,1-2H3,(H,19,20). The lowest BCUT2D eigenvalue weighted by Crippen LogP contribution is -2.30. The molecule has 0 radical (unpaired) electrons. The van der Waals surface area contributed by atoms with Crippen molar-refractivity contribution in [2.75, 3.05) is 6.61 Å². The fourth-order valence-electron chi connectivity index (χ4n) is 2.30. The van der Waals surface area contributed by atoms with Gasteiger partial charge in [0.2, 0.25) is 0 Å². The Morgan fingerprint density at radius 2 is 1.90 bits per heavy atom. The predicted molar refractivity (Wildman–Crippen MR) is 84.2 cm³/mol. The van der Waals surface area contributed by atoms with Crippen LogP contribution in [0.1, 0.15) is 29.7 Å². The Morgan fingerprint density at radius 1 is 1.14 bits per heavy atom. The Labute approximate surface area is 126 Å². The molecule has 0 aliphatic carbocycles. The highest BCUT2D eigenvalue weighted by Gasteiger charge is 2.16. The summed E-state index contributed by atoms with van der Waals surface area (Å²) in [5.41, 5.74) is 3.45. The van der Waals surface area contributed by atoms with Gasteiger partial charge in [0, 0.05) is 0 Å². The van der Waals surface area contributed by atoms with Gasteiger partial charge in [-0.2, -0.15) is 0 Å². The molecule has 21 heavy (non-hydrogen) atoms. The molecule has 0 heterocycles. The molecule has 110 valence electrons. The van der Waals surface area contributed by atoms with Crippen LogP contribution < -0.4 is 5.32 Å². The maximum absolute atomic E-state index is 11.8. The zero-order valence-corrected chi connectivity index (χ0v) is 12.5. The van der Waals surface area contributed by atoms with E-state index < -0.39 is 0 Å². The highest BCUT2D eigenvalue weighted by atomic mass is 16.5. The summed E-state index contributed by atoms with van der Waals surface area (Å²) in [7, 11) is 0. The number of hydrogen-bond acceptors (Lipinski definition) is 2. The van der Waals surface area contributed by atoms with Crippen LogP contribution in [-0.2, 0) is 11.2 Å². The van der Waals surface area contributed by atoms with Crippen LogP contribution in [0.2, 0.25) is 0 Å². The van der Waals surface area contributed by atoms with Crippen LogP contribution >= 0.6 is 0 Å². The molecule has 0 saturated heterocycles. The van der Waals surface area contributed by atoms with Gasteiger partial charge in [-0.1, -0.05) is 60.2 Å². The van der Waals surface area contributed by atoms with Gasteiger partial charge in [-0.15, -0.1) is 0 Å². The summed E-state index contributed by atoms with van der Waals surface area (Å²) in [4.78, 5) is 11.8. The molecule has 3 heteroatoms. The zero-order chi connectivity index (χ0) is 15.1. The second-order valence-electron chi connectivity index (χ2n) is 5.02. The minimum absolute atomic E-state index is 0.0913. The topological polar surface area (TPSA) is 38.3 Å². The van der Waals surface area contributed by atoms with Crippen LogP contribution in [0.3, 0.4) is 0 Å². The van der Waals surface area contributed by atoms with Crippen molar-refractivity contribution in [2.24, 2.45) is 0 Å². The fraction of sp³-hybridized carbons (Fsp3) is 0.278. The van der Waals surface area contributed by atoms with Gasteiger partial charge < -0.3 is 10.1 Å². The van der Waals surface area contributed by atoms with Crippen LogP contribution in [0, 0.1) is 6.92 Å². The number of benzene rings is 2. The summed E-state index contributed by atoms with van der Waals surface area (Å²) in [6.07, 6.45) is 0.364. The summed E-state index contributed by atoms with van der Waals surface area (Å²) in [5, 5.41) is 2.95. The number of ether oxygens (including phenoxy) is 1. The molecule has 1 amide bonds. The number of carbonyl (C=O) groups is 1. The maximum Gasteiger partial charge on any atom is 0.407 e. The molecular weight excluding hydrogens is 262 g/mol. The zero-order valence-electron chi connectivity index (χ0n) is 12.5. The van der Waals surface area contributed by atoms with E-state index in [1.54, 1.807) is 6.92 Å². The number of amides is 1. The van der Waals surface area contributed by atoms with Crippen LogP contribution in [0.15, 0.2) is 54.6 Å². The molecule has 0 aromatic heterocycles. The Balaban J connectivity index is 2.19. The average Bonchev–Trinajstić information content (AvgIpc) is 2.48. The first-order valence-electron chi connectivity index (χ1n) is 7.23. The van der Waals surface area contributed by atoms with Crippen molar-refractivity contribution in [3.05, 3.63) is 71.3 Å². The van der Waals surface area contributed by atoms with Gasteiger partial charge in [0.15, 0.2) is 0 Å². The van der Waals surface area contributed by atoms with E-state index in [-0.39, 0.29) is 12.1 Å². The van der Waals surface area contributed by atoms with E-state index in [4.69, 9.17) is 4.74 Å². The van der Waals surface area contributed by atoms with E-state index in [1.807, 2.05) is 43.3 Å². The normalized spacial score (nSPS) is 11.7. The third-order valence-electron chi connectivity index (χ3n) is 3.29. The third kappa shape index (κ3) is 4.63. The number of hydrogen-bond donors (Lipinski definition) is 1. The van der Waals surface area contributed by atoms with E-state index in [0.29, 0.717) is 6.61 Å². The molecule has 1 atom stereocenters. The van der Waals surface area contributed by atoms with E-state index >= 15 is 0 Å².